The molecule has 1 atom stereocenters. The number of benzene rings is 1. The highest BCUT2D eigenvalue weighted by atomic mass is 127. The second-order valence-corrected chi connectivity index (χ2v) is 9.33. The van der Waals surface area contributed by atoms with Crippen molar-refractivity contribution in [3.05, 3.63) is 35.4 Å². The fourth-order valence-corrected chi connectivity index (χ4v) is 2.86. The molecule has 1 rings (SSSR count). The van der Waals surface area contributed by atoms with Crippen LogP contribution in [0.15, 0.2) is 23.2 Å². The third kappa shape index (κ3) is 7.04. The minimum Gasteiger partial charge on any atom is -0.355 e. The lowest BCUT2D eigenvalue weighted by molar-refractivity contribution is 0.504. The average Bonchev–Trinajstić information content (AvgIpc) is 2.47. The number of guanidine groups is 1. The van der Waals surface area contributed by atoms with Crippen molar-refractivity contribution in [3.63, 3.8) is 0 Å². The van der Waals surface area contributed by atoms with Crippen LogP contribution in [0.2, 0.25) is 0 Å². The van der Waals surface area contributed by atoms with Crippen LogP contribution in [0.4, 0.5) is 8.78 Å². The number of sulfone groups is 1. The maximum Gasteiger partial charge on any atom is 0.191 e. The fourth-order valence-electron chi connectivity index (χ4n) is 1.87. The normalized spacial score (nSPS) is 13.8. The molecule has 2 N–H and O–H groups in total. The zero-order chi connectivity index (χ0) is 18.5. The van der Waals surface area contributed by atoms with E-state index in [1.54, 1.807) is 34.7 Å². The van der Waals surface area contributed by atoms with Crippen molar-refractivity contribution in [1.29, 1.82) is 0 Å². The molecule has 0 spiro atoms. The summed E-state index contributed by atoms with van der Waals surface area (Å²) in [5.74, 6) is -1.46. The van der Waals surface area contributed by atoms with Crippen molar-refractivity contribution in [1.82, 2.24) is 10.6 Å². The van der Waals surface area contributed by atoms with E-state index < -0.39 is 26.2 Å². The molecule has 1 aromatic rings. The van der Waals surface area contributed by atoms with Gasteiger partial charge in [0.2, 0.25) is 0 Å². The van der Waals surface area contributed by atoms with Gasteiger partial charge in [0.05, 0.1) is 16.5 Å². The molecular weight excluding hydrogens is 463 g/mol. The molecule has 25 heavy (non-hydrogen) atoms. The Morgan fingerprint density at radius 2 is 1.84 bits per heavy atom. The quantitative estimate of drug-likeness (QED) is 0.379. The first-order chi connectivity index (χ1) is 11.0. The van der Waals surface area contributed by atoms with Crippen LogP contribution in [0.25, 0.3) is 0 Å². The highest BCUT2D eigenvalue weighted by Gasteiger charge is 2.28. The van der Waals surface area contributed by atoms with Crippen LogP contribution >= 0.6 is 24.0 Å². The molecule has 0 heterocycles. The molecule has 0 aliphatic carbocycles. The lowest BCUT2D eigenvalue weighted by atomic mass is 10.1. The fraction of sp³-hybridized carbons (Fsp3) is 0.562. The molecule has 0 saturated carbocycles. The van der Waals surface area contributed by atoms with E-state index in [4.69, 9.17) is 0 Å². The molecule has 0 aliphatic heterocycles. The van der Waals surface area contributed by atoms with Crippen LogP contribution < -0.4 is 10.6 Å². The molecule has 0 saturated heterocycles. The van der Waals surface area contributed by atoms with Gasteiger partial charge < -0.3 is 10.6 Å². The summed E-state index contributed by atoms with van der Waals surface area (Å²) in [5, 5.41) is 5.93. The molecule has 144 valence electrons. The second kappa shape index (κ2) is 9.65. The zero-order valence-electron chi connectivity index (χ0n) is 15.1. The Labute approximate surface area is 165 Å². The topological polar surface area (TPSA) is 70.6 Å². The number of hydrogen-bond donors (Lipinski definition) is 2. The van der Waals surface area contributed by atoms with Gasteiger partial charge in [-0.2, -0.15) is 0 Å². The number of nitrogens with one attached hydrogen (secondary N) is 2. The van der Waals surface area contributed by atoms with Crippen molar-refractivity contribution in [3.8, 4) is 0 Å². The first-order valence-electron chi connectivity index (χ1n) is 7.62. The Balaban J connectivity index is 0.00000576. The molecule has 0 amide bonds. The molecule has 5 nitrogen and oxygen atoms in total. The van der Waals surface area contributed by atoms with E-state index in [0.717, 1.165) is 12.1 Å². The van der Waals surface area contributed by atoms with Crippen LogP contribution in [0, 0.1) is 11.6 Å². The Bertz CT molecular complexity index is 704. The summed E-state index contributed by atoms with van der Waals surface area (Å²) in [6.07, 6.45) is 0. The largest absolute Gasteiger partial charge is 0.355 e. The van der Waals surface area contributed by atoms with Gasteiger partial charge in [-0.25, -0.2) is 17.2 Å². The smallest absolute Gasteiger partial charge is 0.191 e. The number of halogens is 3. The van der Waals surface area contributed by atoms with Crippen molar-refractivity contribution in [2.75, 3.05) is 19.3 Å². The third-order valence-electron chi connectivity index (χ3n) is 3.62. The maximum absolute atomic E-state index is 13.3. The van der Waals surface area contributed by atoms with Gasteiger partial charge in [-0.3, -0.25) is 4.99 Å². The number of aliphatic imine (C=N–C) groups is 1. The SMILES string of the molecule is CN=C(NCCS(=O)(=O)C(C)(C)C)NC(C)c1ccc(F)c(F)c1.I. The van der Waals surface area contributed by atoms with E-state index in [1.165, 1.54) is 6.07 Å². The van der Waals surface area contributed by atoms with Crippen molar-refractivity contribution in [2.45, 2.75) is 38.5 Å². The first-order valence-corrected chi connectivity index (χ1v) is 9.27. The molecule has 0 aromatic heterocycles. The Kier molecular flexibility index (Phi) is 9.28. The number of hydrogen-bond acceptors (Lipinski definition) is 3. The predicted molar refractivity (Wildman–Crippen MR) is 108 cm³/mol. The summed E-state index contributed by atoms with van der Waals surface area (Å²) in [6.45, 7) is 6.93. The average molecular weight is 489 g/mol. The van der Waals surface area contributed by atoms with Gasteiger partial charge in [0.15, 0.2) is 27.4 Å². The summed E-state index contributed by atoms with van der Waals surface area (Å²) >= 11 is 0. The van der Waals surface area contributed by atoms with Crippen molar-refractivity contribution < 1.29 is 17.2 Å². The molecule has 0 fully saturated rings. The summed E-state index contributed by atoms with van der Waals surface area (Å²) in [4.78, 5) is 4.01. The highest BCUT2D eigenvalue weighted by Crippen LogP contribution is 2.16. The summed E-state index contributed by atoms with van der Waals surface area (Å²) in [6, 6.07) is 3.33. The molecule has 0 radical (unpaired) electrons. The van der Waals surface area contributed by atoms with Gasteiger partial charge in [0.1, 0.15) is 0 Å². The van der Waals surface area contributed by atoms with Crippen LogP contribution in [0.5, 0.6) is 0 Å². The molecule has 1 unspecified atom stereocenters. The highest BCUT2D eigenvalue weighted by molar-refractivity contribution is 14.0. The van der Waals surface area contributed by atoms with Crippen LogP contribution in [0.3, 0.4) is 0 Å². The van der Waals surface area contributed by atoms with Gasteiger partial charge in [-0.1, -0.05) is 6.07 Å². The molecule has 9 heteroatoms. The summed E-state index contributed by atoms with van der Waals surface area (Å²) < 4.78 is 49.6. The van der Waals surface area contributed by atoms with Gasteiger partial charge in [0.25, 0.3) is 0 Å². The minimum absolute atomic E-state index is 0. The predicted octanol–water partition coefficient (Wildman–Crippen LogP) is 3.02. The van der Waals surface area contributed by atoms with E-state index in [1.807, 2.05) is 0 Å². The monoisotopic (exact) mass is 489 g/mol. The van der Waals surface area contributed by atoms with Crippen molar-refractivity contribution in [2.24, 2.45) is 4.99 Å². The van der Waals surface area contributed by atoms with Gasteiger partial charge in [-0.15, -0.1) is 24.0 Å². The van der Waals surface area contributed by atoms with Gasteiger partial charge in [0, 0.05) is 13.6 Å². The van der Waals surface area contributed by atoms with Gasteiger partial charge >= 0.3 is 0 Å². The van der Waals surface area contributed by atoms with Crippen molar-refractivity contribution >= 4 is 39.8 Å². The third-order valence-corrected chi connectivity index (χ3v) is 6.22. The lowest BCUT2D eigenvalue weighted by Gasteiger charge is -2.21. The first kappa shape index (κ1) is 24.0. The Hall–Kier alpha value is -0.970. The maximum atomic E-state index is 13.3. The Morgan fingerprint density at radius 3 is 2.32 bits per heavy atom. The number of rotatable bonds is 5. The second-order valence-electron chi connectivity index (χ2n) is 6.47. The van der Waals surface area contributed by atoms with Crippen LogP contribution in [-0.2, 0) is 9.84 Å². The molecule has 0 aliphatic rings. The molecule has 1 aromatic carbocycles. The summed E-state index contributed by atoms with van der Waals surface area (Å²) in [7, 11) is -1.68. The molecular formula is C16H26F2IN3O2S. The van der Waals surface area contributed by atoms with Crippen LogP contribution in [-0.4, -0.2) is 38.5 Å². The van der Waals surface area contributed by atoms with E-state index in [-0.39, 0.29) is 42.3 Å². The van der Waals surface area contributed by atoms with E-state index in [2.05, 4.69) is 15.6 Å². The zero-order valence-corrected chi connectivity index (χ0v) is 18.2. The lowest BCUT2D eigenvalue weighted by Crippen LogP contribution is -2.42. The standard InChI is InChI=1S/C16H25F2N3O2S.HI/c1-11(12-6-7-13(17)14(18)10-12)21-15(19-5)20-8-9-24(22,23)16(2,3)4;/h6-7,10-11H,8-9H2,1-5H3,(H2,19,20,21);1H. The van der Waals surface area contributed by atoms with E-state index in [0.29, 0.717) is 11.5 Å². The van der Waals surface area contributed by atoms with Crippen LogP contribution in [0.1, 0.15) is 39.3 Å². The molecule has 0 bridgehead atoms. The van der Waals surface area contributed by atoms with E-state index >= 15 is 0 Å². The number of nitrogens with zero attached hydrogens (tertiary/aromatic N) is 1. The van der Waals surface area contributed by atoms with Gasteiger partial charge in [-0.05, 0) is 45.4 Å². The minimum atomic E-state index is -3.23. The summed E-state index contributed by atoms with van der Waals surface area (Å²) in [5.41, 5.74) is 0.555. The van der Waals surface area contributed by atoms with E-state index in [9.17, 15) is 17.2 Å². The Morgan fingerprint density at radius 1 is 1.24 bits per heavy atom.